The van der Waals surface area contributed by atoms with Crippen molar-refractivity contribution in [1.82, 2.24) is 19.7 Å². The number of hydrogen-bond donors (Lipinski definition) is 4. The number of carbonyl (C=O) groups excluding carboxylic acids is 2. The molecule has 4 N–H and O–H groups in total. The highest BCUT2D eigenvalue weighted by Gasteiger charge is 2.74. The number of carbonyl (C=O) groups is 2. The maximum Gasteiger partial charge on any atom is 0.342 e. The minimum atomic E-state index is -4.92. The zero-order valence-electron chi connectivity index (χ0n) is 23.2. The molecule has 5 atom stereocenters. The second-order valence-electron chi connectivity index (χ2n) is 9.91. The summed E-state index contributed by atoms with van der Waals surface area (Å²) in [5, 5.41) is 13.9. The molecule has 1 fully saturated rings. The van der Waals surface area contributed by atoms with E-state index in [1.807, 2.05) is 0 Å². The number of hydrogen-bond acceptors (Lipinski definition) is 10. The lowest BCUT2D eigenvalue weighted by Gasteiger charge is -2.35. The SMILES string of the molecule is CC(C)OC(=O)[C@H](C)NP(=O)(N[C@@H](C)C(=O)OC(C)C)OC[C@@]1(C(F)F)O[C@@H](n2cc(Cl)c(=O)[nH]c2=O)[C@H](O)C1(F)F. The lowest BCUT2D eigenvalue weighted by atomic mass is 9.95. The molecule has 2 heterocycles. The molecular formula is C22H32ClF4N4O10P. The van der Waals surface area contributed by atoms with Crippen LogP contribution in [-0.2, 0) is 32.9 Å². The monoisotopic (exact) mass is 654 g/mol. The molecule has 0 spiro atoms. The maximum absolute atomic E-state index is 15.4. The smallest absolute Gasteiger partial charge is 0.342 e. The van der Waals surface area contributed by atoms with Gasteiger partial charge >= 0.3 is 31.2 Å². The van der Waals surface area contributed by atoms with E-state index in [9.17, 15) is 37.6 Å². The highest BCUT2D eigenvalue weighted by molar-refractivity contribution is 7.54. The van der Waals surface area contributed by atoms with E-state index in [1.54, 1.807) is 4.98 Å². The molecule has 42 heavy (non-hydrogen) atoms. The van der Waals surface area contributed by atoms with Crippen LogP contribution in [0.3, 0.4) is 0 Å². The first-order valence-electron chi connectivity index (χ1n) is 12.4. The van der Waals surface area contributed by atoms with Crippen LogP contribution >= 0.6 is 19.3 Å². The van der Waals surface area contributed by atoms with Crippen LogP contribution in [0.25, 0.3) is 0 Å². The van der Waals surface area contributed by atoms with Gasteiger partial charge in [-0.1, -0.05) is 11.6 Å². The van der Waals surface area contributed by atoms with Gasteiger partial charge in [-0.25, -0.2) is 23.7 Å². The first-order valence-corrected chi connectivity index (χ1v) is 14.4. The van der Waals surface area contributed by atoms with Crippen molar-refractivity contribution in [3.63, 3.8) is 0 Å². The normalized spacial score (nSPS) is 23.8. The molecule has 1 aromatic rings. The number of aliphatic hydroxyl groups is 1. The summed E-state index contributed by atoms with van der Waals surface area (Å²) in [6, 6.07) is -2.99. The van der Waals surface area contributed by atoms with Gasteiger partial charge in [-0.05, 0) is 41.5 Å². The third kappa shape index (κ3) is 7.78. The molecule has 0 unspecified atom stereocenters. The summed E-state index contributed by atoms with van der Waals surface area (Å²) in [6.07, 6.45) is -10.6. The quantitative estimate of drug-likeness (QED) is 0.137. The van der Waals surface area contributed by atoms with Gasteiger partial charge in [0.15, 0.2) is 12.3 Å². The third-order valence-electron chi connectivity index (χ3n) is 5.69. The van der Waals surface area contributed by atoms with Gasteiger partial charge in [-0.15, -0.1) is 0 Å². The van der Waals surface area contributed by atoms with Crippen molar-refractivity contribution in [2.24, 2.45) is 0 Å². The Kier molecular flexibility index (Phi) is 11.5. The molecule has 0 aliphatic carbocycles. The number of H-pyrrole nitrogens is 1. The lowest BCUT2D eigenvalue weighted by molar-refractivity contribution is -0.241. The number of nitrogens with one attached hydrogen (secondary N) is 3. The lowest BCUT2D eigenvalue weighted by Crippen LogP contribution is -2.58. The number of rotatable bonds is 13. The Bertz CT molecular complexity index is 1280. The fourth-order valence-electron chi connectivity index (χ4n) is 3.62. The molecule has 0 radical (unpaired) electrons. The fourth-order valence-corrected chi connectivity index (χ4v) is 5.60. The van der Waals surface area contributed by atoms with Gasteiger partial charge in [0.05, 0.1) is 18.8 Å². The molecule has 2 rings (SSSR count). The summed E-state index contributed by atoms with van der Waals surface area (Å²) in [5.41, 5.74) is -6.62. The Morgan fingerprint density at radius 3 is 2.00 bits per heavy atom. The molecule has 1 saturated heterocycles. The van der Waals surface area contributed by atoms with Crippen LogP contribution in [0.15, 0.2) is 15.8 Å². The number of ether oxygens (including phenoxy) is 3. The van der Waals surface area contributed by atoms with Gasteiger partial charge in [0.1, 0.15) is 17.1 Å². The summed E-state index contributed by atoms with van der Waals surface area (Å²) >= 11 is 5.62. The standard InChI is InChI=1S/C22H32ClF4N4O10P/c1-9(2)39-17(34)11(5)29-42(37,30-12(6)18(35)40-10(3)4)38-8-21(19(24)25)22(26,27)14(32)16(41-21)31-7-13(23)15(33)28-20(31)36/h7,9-12,14,16,19,32H,8H2,1-6H3,(H,28,33,36)(H2,29,30,37)/t11-,12-,14-,16+,21-/m0/s1. The van der Waals surface area contributed by atoms with Gasteiger partial charge < -0.3 is 23.8 Å². The number of nitrogens with zero attached hydrogens (tertiary/aromatic N) is 1. The molecule has 1 aliphatic rings. The van der Waals surface area contributed by atoms with Crippen molar-refractivity contribution >= 4 is 31.2 Å². The number of aliphatic hydroxyl groups excluding tert-OH is 1. The van der Waals surface area contributed by atoms with Crippen LogP contribution in [0.4, 0.5) is 17.6 Å². The van der Waals surface area contributed by atoms with E-state index in [0.717, 1.165) is 13.8 Å². The second-order valence-corrected chi connectivity index (χ2v) is 12.2. The number of alkyl halides is 4. The van der Waals surface area contributed by atoms with E-state index in [1.165, 1.54) is 27.7 Å². The Morgan fingerprint density at radius 1 is 1.10 bits per heavy atom. The Morgan fingerprint density at radius 2 is 1.57 bits per heavy atom. The van der Waals surface area contributed by atoms with Crippen molar-refractivity contribution < 1.29 is 55.6 Å². The van der Waals surface area contributed by atoms with E-state index < -0.39 is 97.1 Å². The topological polar surface area (TPSA) is 187 Å². The van der Waals surface area contributed by atoms with Crippen molar-refractivity contribution in [3.05, 3.63) is 32.1 Å². The molecule has 0 saturated carbocycles. The summed E-state index contributed by atoms with van der Waals surface area (Å²) in [7, 11) is -4.92. The van der Waals surface area contributed by atoms with Crippen LogP contribution in [-0.4, -0.2) is 81.5 Å². The zero-order chi connectivity index (χ0) is 32.4. The minimum absolute atomic E-state index is 0.163. The van der Waals surface area contributed by atoms with Crippen molar-refractivity contribution in [1.29, 1.82) is 0 Å². The first kappa shape index (κ1) is 35.9. The molecule has 1 aliphatic heterocycles. The van der Waals surface area contributed by atoms with Crippen molar-refractivity contribution in [2.75, 3.05) is 6.61 Å². The average Bonchev–Trinajstić information content (AvgIpc) is 3.05. The van der Waals surface area contributed by atoms with Gasteiger partial charge in [-0.2, -0.15) is 8.78 Å². The van der Waals surface area contributed by atoms with E-state index in [0.29, 0.717) is 6.20 Å². The van der Waals surface area contributed by atoms with Gasteiger partial charge in [-0.3, -0.25) is 28.5 Å². The summed E-state index contributed by atoms with van der Waals surface area (Å²) < 4.78 is 93.2. The molecule has 14 nitrogen and oxygen atoms in total. The summed E-state index contributed by atoms with van der Waals surface area (Å²) in [5.74, 6) is -6.88. The third-order valence-corrected chi connectivity index (χ3v) is 7.90. The average molecular weight is 655 g/mol. The Balaban J connectivity index is 2.49. The fraction of sp³-hybridized carbons (Fsp3) is 0.727. The van der Waals surface area contributed by atoms with E-state index in [4.69, 9.17) is 30.3 Å². The highest BCUT2D eigenvalue weighted by Crippen LogP contribution is 2.53. The molecule has 1 aromatic heterocycles. The zero-order valence-corrected chi connectivity index (χ0v) is 24.9. The van der Waals surface area contributed by atoms with Gasteiger partial charge in [0, 0.05) is 6.20 Å². The molecular weight excluding hydrogens is 623 g/mol. The second kappa shape index (κ2) is 13.5. The van der Waals surface area contributed by atoms with Crippen molar-refractivity contribution in [2.45, 2.75) is 96.1 Å². The Labute approximate surface area is 241 Å². The number of aromatic amines is 1. The molecule has 0 amide bonds. The predicted octanol–water partition coefficient (Wildman–Crippen LogP) is 1.70. The van der Waals surface area contributed by atoms with Crippen LogP contribution in [0.5, 0.6) is 0 Å². The molecule has 0 bridgehead atoms. The summed E-state index contributed by atoms with van der Waals surface area (Å²) in [4.78, 5) is 50.0. The predicted molar refractivity (Wildman–Crippen MR) is 137 cm³/mol. The molecule has 0 aromatic carbocycles. The van der Waals surface area contributed by atoms with E-state index in [-0.39, 0.29) is 4.57 Å². The first-order chi connectivity index (χ1) is 19.2. The minimum Gasteiger partial charge on any atom is -0.462 e. The number of esters is 2. The largest absolute Gasteiger partial charge is 0.462 e. The molecule has 240 valence electrons. The van der Waals surface area contributed by atoms with E-state index >= 15 is 8.78 Å². The highest BCUT2D eigenvalue weighted by atomic mass is 35.5. The maximum atomic E-state index is 15.4. The van der Waals surface area contributed by atoms with Crippen LogP contribution in [0.1, 0.15) is 47.8 Å². The van der Waals surface area contributed by atoms with Crippen LogP contribution in [0, 0.1) is 0 Å². The number of aromatic nitrogens is 2. The van der Waals surface area contributed by atoms with Crippen LogP contribution < -0.4 is 21.4 Å². The summed E-state index contributed by atoms with van der Waals surface area (Å²) in [6.45, 7) is 6.33. The van der Waals surface area contributed by atoms with Crippen LogP contribution in [0.2, 0.25) is 5.02 Å². The van der Waals surface area contributed by atoms with Crippen molar-refractivity contribution in [3.8, 4) is 0 Å². The molecule has 20 heteroatoms. The van der Waals surface area contributed by atoms with Gasteiger partial charge in [0.2, 0.25) is 5.60 Å². The van der Waals surface area contributed by atoms with E-state index in [2.05, 4.69) is 10.2 Å². The van der Waals surface area contributed by atoms with Gasteiger partial charge in [0.25, 0.3) is 12.0 Å². The number of halogens is 5. The Hall–Kier alpha value is -2.34.